The molecule has 2 aliphatic heterocycles. The van der Waals surface area contributed by atoms with Crippen LogP contribution >= 0.6 is 0 Å². The molecule has 1 amide bonds. The van der Waals surface area contributed by atoms with E-state index < -0.39 is 0 Å². The third-order valence-corrected chi connectivity index (χ3v) is 6.05. The Labute approximate surface area is 165 Å². The number of hydrogen-bond acceptors (Lipinski definition) is 5. The molecule has 148 valence electrons. The van der Waals surface area contributed by atoms with Crippen molar-refractivity contribution >= 4 is 5.91 Å². The summed E-state index contributed by atoms with van der Waals surface area (Å²) < 4.78 is 10.9. The molecule has 3 N–H and O–H groups in total. The van der Waals surface area contributed by atoms with E-state index in [1.807, 2.05) is 18.2 Å². The number of fused-ring (bicyclic) bond motifs is 2. The monoisotopic (exact) mass is 381 g/mol. The molecule has 1 fully saturated rings. The quantitative estimate of drug-likeness (QED) is 0.831. The molecule has 1 unspecified atom stereocenters. The maximum absolute atomic E-state index is 12.4. The molecule has 2 aromatic rings. The number of rotatable bonds is 5. The first kappa shape index (κ1) is 18.8. The standard InChI is InChI=1S/C22H27N3O3/c1-27-18-6-5-17(20(10-18)28-2)14-25-13-16-4-3-15(12-23)9-19(16)22(25)7-8-24-21(26)11-22/h3-6,9-10H,7-8,11-14,23H2,1-2H3,(H,24,26). The van der Waals surface area contributed by atoms with Crippen molar-refractivity contribution in [2.45, 2.75) is 38.0 Å². The first-order chi connectivity index (χ1) is 13.6. The van der Waals surface area contributed by atoms with Gasteiger partial charge in [0.15, 0.2) is 0 Å². The third-order valence-electron chi connectivity index (χ3n) is 6.05. The van der Waals surface area contributed by atoms with Crippen LogP contribution in [0.25, 0.3) is 0 Å². The Kier molecular flexibility index (Phi) is 5.00. The number of nitrogens with zero attached hydrogens (tertiary/aromatic N) is 1. The van der Waals surface area contributed by atoms with Crippen LogP contribution in [0.5, 0.6) is 11.5 Å². The second-order valence-electron chi connectivity index (χ2n) is 7.54. The van der Waals surface area contributed by atoms with E-state index in [1.54, 1.807) is 14.2 Å². The van der Waals surface area contributed by atoms with E-state index in [-0.39, 0.29) is 11.4 Å². The minimum atomic E-state index is -0.298. The van der Waals surface area contributed by atoms with Gasteiger partial charge < -0.3 is 20.5 Å². The highest BCUT2D eigenvalue weighted by molar-refractivity contribution is 5.79. The number of nitrogens with two attached hydrogens (primary N) is 1. The van der Waals surface area contributed by atoms with E-state index in [1.165, 1.54) is 11.1 Å². The minimum absolute atomic E-state index is 0.101. The van der Waals surface area contributed by atoms with Gasteiger partial charge in [0.1, 0.15) is 11.5 Å². The summed E-state index contributed by atoms with van der Waals surface area (Å²) >= 11 is 0. The molecule has 6 nitrogen and oxygen atoms in total. The number of benzene rings is 2. The molecule has 0 aromatic heterocycles. The van der Waals surface area contributed by atoms with Crippen molar-refractivity contribution in [1.82, 2.24) is 10.2 Å². The van der Waals surface area contributed by atoms with Crippen LogP contribution in [0.1, 0.15) is 35.1 Å². The van der Waals surface area contributed by atoms with Gasteiger partial charge in [0.05, 0.1) is 19.8 Å². The molecule has 0 radical (unpaired) electrons. The maximum atomic E-state index is 12.4. The summed E-state index contributed by atoms with van der Waals surface area (Å²) in [6.07, 6.45) is 1.35. The van der Waals surface area contributed by atoms with Crippen LogP contribution in [0.15, 0.2) is 36.4 Å². The van der Waals surface area contributed by atoms with Gasteiger partial charge in [-0.15, -0.1) is 0 Å². The summed E-state index contributed by atoms with van der Waals surface area (Å²) in [6, 6.07) is 12.4. The highest BCUT2D eigenvalue weighted by atomic mass is 16.5. The lowest BCUT2D eigenvalue weighted by molar-refractivity contribution is -0.127. The second kappa shape index (κ2) is 7.45. The van der Waals surface area contributed by atoms with E-state index in [4.69, 9.17) is 15.2 Å². The normalized spacial score (nSPS) is 21.5. The van der Waals surface area contributed by atoms with Crippen molar-refractivity contribution in [1.29, 1.82) is 0 Å². The lowest BCUT2D eigenvalue weighted by Gasteiger charge is -2.42. The Morgan fingerprint density at radius 2 is 2.04 bits per heavy atom. The van der Waals surface area contributed by atoms with Crippen molar-refractivity contribution in [3.8, 4) is 11.5 Å². The molecule has 1 spiro atoms. The molecule has 28 heavy (non-hydrogen) atoms. The van der Waals surface area contributed by atoms with Crippen LogP contribution in [0, 0.1) is 0 Å². The topological polar surface area (TPSA) is 76.8 Å². The number of amides is 1. The Morgan fingerprint density at radius 1 is 1.18 bits per heavy atom. The summed E-state index contributed by atoms with van der Waals surface area (Å²) in [5.74, 6) is 1.67. The smallest absolute Gasteiger partial charge is 0.222 e. The van der Waals surface area contributed by atoms with Crippen molar-refractivity contribution in [2.24, 2.45) is 5.73 Å². The van der Waals surface area contributed by atoms with Gasteiger partial charge in [-0.1, -0.05) is 24.3 Å². The van der Waals surface area contributed by atoms with Crippen LogP contribution in [-0.4, -0.2) is 31.6 Å². The van der Waals surface area contributed by atoms with E-state index in [2.05, 4.69) is 28.4 Å². The number of carbonyl (C=O) groups is 1. The van der Waals surface area contributed by atoms with Crippen LogP contribution in [0.2, 0.25) is 0 Å². The Hall–Kier alpha value is -2.57. The molecule has 0 bridgehead atoms. The predicted molar refractivity (Wildman–Crippen MR) is 107 cm³/mol. The molecular formula is C22H27N3O3. The summed E-state index contributed by atoms with van der Waals surface area (Å²) in [4.78, 5) is 14.8. The third kappa shape index (κ3) is 3.12. The highest BCUT2D eigenvalue weighted by Gasteiger charge is 2.48. The fraction of sp³-hybridized carbons (Fsp3) is 0.409. The van der Waals surface area contributed by atoms with Gasteiger partial charge in [-0.2, -0.15) is 0 Å². The largest absolute Gasteiger partial charge is 0.497 e. The van der Waals surface area contributed by atoms with Crippen LogP contribution < -0.4 is 20.5 Å². The molecular weight excluding hydrogens is 354 g/mol. The van der Waals surface area contributed by atoms with Crippen LogP contribution in [-0.2, 0) is 30.0 Å². The van der Waals surface area contributed by atoms with Crippen LogP contribution in [0.3, 0.4) is 0 Å². The second-order valence-corrected chi connectivity index (χ2v) is 7.54. The maximum Gasteiger partial charge on any atom is 0.222 e. The van der Waals surface area contributed by atoms with Gasteiger partial charge in [-0.25, -0.2) is 0 Å². The summed E-state index contributed by atoms with van der Waals surface area (Å²) in [5.41, 5.74) is 10.3. The lowest BCUT2D eigenvalue weighted by Crippen LogP contribution is -2.50. The van der Waals surface area contributed by atoms with Crippen molar-refractivity contribution in [2.75, 3.05) is 20.8 Å². The van der Waals surface area contributed by atoms with Gasteiger partial charge in [-0.3, -0.25) is 9.69 Å². The number of carbonyl (C=O) groups excluding carboxylic acids is 1. The molecule has 1 saturated heterocycles. The Bertz CT molecular complexity index is 899. The zero-order valence-corrected chi connectivity index (χ0v) is 16.5. The fourth-order valence-electron chi connectivity index (χ4n) is 4.57. The molecule has 0 aliphatic carbocycles. The average Bonchev–Trinajstić information content (AvgIpc) is 3.00. The molecule has 2 aromatic carbocycles. The van der Waals surface area contributed by atoms with Crippen molar-refractivity contribution < 1.29 is 14.3 Å². The number of nitrogens with one attached hydrogen (secondary N) is 1. The van der Waals surface area contributed by atoms with E-state index in [9.17, 15) is 4.79 Å². The molecule has 6 heteroatoms. The molecule has 0 saturated carbocycles. The zero-order chi connectivity index (χ0) is 19.7. The SMILES string of the molecule is COc1ccc(CN2Cc3ccc(CN)cc3C23CCNC(=O)C3)c(OC)c1. The van der Waals surface area contributed by atoms with Gasteiger partial charge in [0, 0.05) is 44.2 Å². The number of piperidine rings is 1. The van der Waals surface area contributed by atoms with E-state index in [0.717, 1.165) is 35.6 Å². The summed E-state index contributed by atoms with van der Waals surface area (Å²) in [6.45, 7) is 2.69. The Morgan fingerprint density at radius 3 is 2.75 bits per heavy atom. The molecule has 4 rings (SSSR count). The first-order valence-electron chi connectivity index (χ1n) is 9.64. The van der Waals surface area contributed by atoms with Gasteiger partial charge in [-0.05, 0) is 29.2 Å². The number of methoxy groups -OCH3 is 2. The summed E-state index contributed by atoms with van der Waals surface area (Å²) in [7, 11) is 3.32. The van der Waals surface area contributed by atoms with Gasteiger partial charge in [0.25, 0.3) is 0 Å². The van der Waals surface area contributed by atoms with E-state index >= 15 is 0 Å². The number of ether oxygens (including phenoxy) is 2. The van der Waals surface area contributed by atoms with Crippen LogP contribution in [0.4, 0.5) is 0 Å². The lowest BCUT2D eigenvalue weighted by atomic mass is 9.80. The van der Waals surface area contributed by atoms with Crippen molar-refractivity contribution in [3.63, 3.8) is 0 Å². The first-order valence-corrected chi connectivity index (χ1v) is 9.64. The zero-order valence-electron chi connectivity index (χ0n) is 16.5. The van der Waals surface area contributed by atoms with E-state index in [0.29, 0.717) is 26.1 Å². The predicted octanol–water partition coefficient (Wildman–Crippen LogP) is 2.28. The molecule has 1 atom stereocenters. The highest BCUT2D eigenvalue weighted by Crippen LogP contribution is 2.47. The van der Waals surface area contributed by atoms with Gasteiger partial charge in [0.2, 0.25) is 5.91 Å². The average molecular weight is 381 g/mol. The fourth-order valence-corrected chi connectivity index (χ4v) is 4.57. The van der Waals surface area contributed by atoms with Crippen molar-refractivity contribution in [3.05, 3.63) is 58.7 Å². The number of hydrogen-bond donors (Lipinski definition) is 2. The van der Waals surface area contributed by atoms with Gasteiger partial charge >= 0.3 is 0 Å². The molecule has 2 aliphatic rings. The minimum Gasteiger partial charge on any atom is -0.497 e. The summed E-state index contributed by atoms with van der Waals surface area (Å²) in [5, 5.41) is 2.98. The molecule has 2 heterocycles. The Balaban J connectivity index is 1.73.